The van der Waals surface area contributed by atoms with Gasteiger partial charge in [-0.05, 0) is 18.2 Å². The van der Waals surface area contributed by atoms with Gasteiger partial charge in [0.05, 0.1) is 12.7 Å². The molecule has 0 aliphatic carbocycles. The number of carbonyl (C=O) groups excluding carboxylic acids is 1. The summed E-state index contributed by atoms with van der Waals surface area (Å²) in [5, 5.41) is 3.27. The van der Waals surface area contributed by atoms with Gasteiger partial charge < -0.3 is 5.32 Å². The van der Waals surface area contributed by atoms with Gasteiger partial charge in [-0.25, -0.2) is 4.39 Å². The number of allylic oxidation sites excluding steroid dienone is 2. The van der Waals surface area contributed by atoms with Crippen LogP contribution in [0.3, 0.4) is 0 Å². The van der Waals surface area contributed by atoms with Gasteiger partial charge in [-0.1, -0.05) is 23.7 Å². The molecule has 0 unspecified atom stereocenters. The van der Waals surface area contributed by atoms with Gasteiger partial charge in [-0.15, -0.1) is 0 Å². The Labute approximate surface area is 97.4 Å². The van der Waals surface area contributed by atoms with Crippen LogP contribution in [0.25, 0.3) is 0 Å². The minimum atomic E-state index is -0.440. The van der Waals surface area contributed by atoms with Crippen LogP contribution in [0.5, 0.6) is 0 Å². The lowest BCUT2D eigenvalue weighted by Gasteiger charge is -2.09. The number of carbonyl (C=O) groups is 1. The summed E-state index contributed by atoms with van der Waals surface area (Å²) in [5.41, 5.74) is 0.591. The third kappa shape index (κ3) is 2.31. The Balaban J connectivity index is 2.29. The Kier molecular flexibility index (Phi) is 3.06. The molecule has 0 saturated carbocycles. The highest BCUT2D eigenvalue weighted by Gasteiger charge is 2.14. The molecular formula is C12H8ClFNO. The summed E-state index contributed by atoms with van der Waals surface area (Å²) in [6.07, 6.45) is 4.23. The first-order chi connectivity index (χ1) is 7.66. The maximum Gasteiger partial charge on any atom is 0.195 e. The molecule has 81 valence electrons. The summed E-state index contributed by atoms with van der Waals surface area (Å²) in [6, 6.07) is 5.52. The van der Waals surface area contributed by atoms with E-state index in [0.717, 1.165) is 0 Å². The van der Waals surface area contributed by atoms with Gasteiger partial charge >= 0.3 is 0 Å². The topological polar surface area (TPSA) is 29.1 Å². The highest BCUT2D eigenvalue weighted by Crippen LogP contribution is 2.15. The second kappa shape index (κ2) is 4.49. The van der Waals surface area contributed by atoms with E-state index in [1.54, 1.807) is 6.07 Å². The summed E-state index contributed by atoms with van der Waals surface area (Å²) in [7, 11) is 0. The van der Waals surface area contributed by atoms with Crippen LogP contribution in [0.15, 0.2) is 40.9 Å². The van der Waals surface area contributed by atoms with Crippen LogP contribution >= 0.6 is 11.6 Å². The fraction of sp³-hybridized carbons (Fsp3) is 0.0833. The van der Waals surface area contributed by atoms with Crippen molar-refractivity contribution in [1.29, 1.82) is 0 Å². The van der Waals surface area contributed by atoms with Crippen molar-refractivity contribution in [2.45, 2.75) is 0 Å². The second-order valence-corrected chi connectivity index (χ2v) is 3.81. The first-order valence-electron chi connectivity index (χ1n) is 4.69. The largest absolute Gasteiger partial charge is 0.378 e. The molecule has 0 aromatic heterocycles. The minimum Gasteiger partial charge on any atom is -0.378 e. The third-order valence-electron chi connectivity index (χ3n) is 2.11. The molecule has 1 aromatic rings. The van der Waals surface area contributed by atoms with E-state index in [2.05, 4.69) is 11.5 Å². The molecular weight excluding hydrogens is 229 g/mol. The van der Waals surface area contributed by atoms with Crippen LogP contribution in [0.2, 0.25) is 0 Å². The van der Waals surface area contributed by atoms with Crippen LogP contribution in [0, 0.1) is 12.0 Å². The molecule has 1 aliphatic heterocycles. The predicted molar refractivity (Wildman–Crippen MR) is 59.4 cm³/mol. The van der Waals surface area contributed by atoms with Crippen LogP contribution in [-0.4, -0.2) is 12.3 Å². The van der Waals surface area contributed by atoms with Crippen LogP contribution < -0.4 is 5.32 Å². The molecule has 4 heteroatoms. The average molecular weight is 237 g/mol. The van der Waals surface area contributed by atoms with Gasteiger partial charge in [0, 0.05) is 16.2 Å². The summed E-state index contributed by atoms with van der Waals surface area (Å²) < 4.78 is 12.9. The molecule has 0 amide bonds. The molecule has 0 atom stereocenters. The number of halogens is 2. The van der Waals surface area contributed by atoms with E-state index in [4.69, 9.17) is 11.6 Å². The zero-order valence-corrected chi connectivity index (χ0v) is 9.01. The second-order valence-electron chi connectivity index (χ2n) is 3.32. The molecule has 1 aromatic carbocycles. The molecule has 0 spiro atoms. The highest BCUT2D eigenvalue weighted by molar-refractivity contribution is 6.30. The zero-order valence-electron chi connectivity index (χ0n) is 8.26. The molecule has 1 radical (unpaired) electrons. The van der Waals surface area contributed by atoms with Gasteiger partial charge in [0.15, 0.2) is 5.78 Å². The van der Waals surface area contributed by atoms with Gasteiger partial charge in [-0.2, -0.15) is 0 Å². The normalized spacial score (nSPS) is 14.9. The average Bonchev–Trinajstić information content (AvgIpc) is 2.28. The van der Waals surface area contributed by atoms with E-state index in [9.17, 15) is 9.18 Å². The van der Waals surface area contributed by atoms with Crippen molar-refractivity contribution in [3.63, 3.8) is 0 Å². The van der Waals surface area contributed by atoms with Crippen molar-refractivity contribution >= 4 is 17.4 Å². The van der Waals surface area contributed by atoms with E-state index < -0.39 is 5.82 Å². The lowest BCUT2D eigenvalue weighted by Crippen LogP contribution is -2.17. The summed E-state index contributed by atoms with van der Waals surface area (Å²) >= 11 is 5.79. The number of dihydropyridines is 1. The van der Waals surface area contributed by atoms with Gasteiger partial charge in [0.1, 0.15) is 5.82 Å². The predicted octanol–water partition coefficient (Wildman–Crippen LogP) is 2.42. The summed E-state index contributed by atoms with van der Waals surface area (Å²) in [6.45, 7) is 0.460. The molecule has 1 N–H and O–H groups in total. The minimum absolute atomic E-state index is 0.284. The Morgan fingerprint density at radius 2 is 2.31 bits per heavy atom. The highest BCUT2D eigenvalue weighted by atomic mass is 35.5. The van der Waals surface area contributed by atoms with Crippen molar-refractivity contribution in [3.05, 3.63) is 58.5 Å². The number of rotatable bonds is 2. The van der Waals surface area contributed by atoms with Crippen molar-refractivity contribution in [1.82, 2.24) is 5.32 Å². The fourth-order valence-corrected chi connectivity index (χ4v) is 1.55. The number of hydrogen-bond donors (Lipinski definition) is 1. The molecule has 0 fully saturated rings. The Morgan fingerprint density at radius 1 is 1.50 bits per heavy atom. The van der Waals surface area contributed by atoms with Crippen LogP contribution in [-0.2, 0) is 0 Å². The van der Waals surface area contributed by atoms with Crippen LogP contribution in [0.1, 0.15) is 10.4 Å². The first kappa shape index (κ1) is 10.9. The van der Waals surface area contributed by atoms with Gasteiger partial charge in [0.2, 0.25) is 0 Å². The molecule has 1 heterocycles. The van der Waals surface area contributed by atoms with Crippen LogP contribution in [0.4, 0.5) is 4.39 Å². The number of Topliss-reactive ketones (excluding diaryl/α,β-unsaturated/α-hetero) is 1. The van der Waals surface area contributed by atoms with Crippen molar-refractivity contribution < 1.29 is 9.18 Å². The molecule has 1 aliphatic rings. The standard InChI is InChI=1S/C12H8ClFNO/c13-10-4-9(6-15-7-10)12(16)8-2-1-3-11(14)5-8/h1-5,15H,7H2. The molecule has 16 heavy (non-hydrogen) atoms. The number of ketones is 1. The maximum atomic E-state index is 12.9. The Morgan fingerprint density at radius 3 is 3.00 bits per heavy atom. The van der Waals surface area contributed by atoms with Crippen molar-refractivity contribution in [2.24, 2.45) is 0 Å². The Bertz CT molecular complexity index is 494. The van der Waals surface area contributed by atoms with Crippen molar-refractivity contribution in [2.75, 3.05) is 6.54 Å². The number of nitrogens with one attached hydrogen (secondary N) is 1. The maximum absolute atomic E-state index is 12.9. The fourth-order valence-electron chi connectivity index (χ4n) is 1.38. The van der Waals surface area contributed by atoms with Gasteiger partial charge in [0.25, 0.3) is 0 Å². The first-order valence-corrected chi connectivity index (χ1v) is 5.07. The van der Waals surface area contributed by atoms with E-state index in [-0.39, 0.29) is 11.3 Å². The smallest absolute Gasteiger partial charge is 0.195 e. The molecule has 2 nitrogen and oxygen atoms in total. The summed E-state index contributed by atoms with van der Waals surface area (Å²) in [5.74, 6) is -0.741. The summed E-state index contributed by atoms with van der Waals surface area (Å²) in [4.78, 5) is 11.9. The third-order valence-corrected chi connectivity index (χ3v) is 2.36. The number of benzene rings is 1. The molecule has 0 bridgehead atoms. The van der Waals surface area contributed by atoms with Gasteiger partial charge in [-0.3, -0.25) is 4.79 Å². The lowest BCUT2D eigenvalue weighted by molar-refractivity contribution is 0.103. The molecule has 2 rings (SSSR count). The van der Waals surface area contributed by atoms with E-state index in [0.29, 0.717) is 17.2 Å². The monoisotopic (exact) mass is 236 g/mol. The van der Waals surface area contributed by atoms with Crippen molar-refractivity contribution in [3.8, 4) is 0 Å². The van der Waals surface area contributed by atoms with E-state index in [1.165, 1.54) is 24.3 Å². The number of hydrogen-bond acceptors (Lipinski definition) is 2. The Hall–Kier alpha value is -1.61. The lowest BCUT2D eigenvalue weighted by atomic mass is 10.0. The van der Waals surface area contributed by atoms with E-state index >= 15 is 0 Å². The van der Waals surface area contributed by atoms with E-state index in [1.807, 2.05) is 0 Å². The zero-order chi connectivity index (χ0) is 11.5. The molecule has 0 saturated heterocycles. The quantitative estimate of drug-likeness (QED) is 0.799. The SMILES string of the molecule is O=C(C1=[C]NCC(Cl)=C1)c1cccc(F)c1.